The monoisotopic (exact) mass is 278 g/mol. The summed E-state index contributed by atoms with van der Waals surface area (Å²) in [5.41, 5.74) is 1.88. The Hall–Kier alpha value is -1.09. The lowest BCUT2D eigenvalue weighted by Gasteiger charge is -2.28. The van der Waals surface area contributed by atoms with Crippen LogP contribution in [0.4, 0.5) is 10.1 Å². The van der Waals surface area contributed by atoms with E-state index in [1.54, 1.807) is 6.07 Å². The average molecular weight is 278 g/mol. The molecule has 3 heteroatoms. The van der Waals surface area contributed by atoms with Gasteiger partial charge in [-0.05, 0) is 51.3 Å². The van der Waals surface area contributed by atoms with Gasteiger partial charge in [0.25, 0.3) is 0 Å². The van der Waals surface area contributed by atoms with E-state index < -0.39 is 0 Å². The highest BCUT2D eigenvalue weighted by atomic mass is 19.1. The molecular weight excluding hydrogens is 251 g/mol. The lowest BCUT2D eigenvalue weighted by molar-refractivity contribution is 0.459. The van der Waals surface area contributed by atoms with Crippen molar-refractivity contribution in [2.45, 2.75) is 45.6 Å². The van der Waals surface area contributed by atoms with Gasteiger partial charge in [0, 0.05) is 30.4 Å². The maximum absolute atomic E-state index is 14.2. The van der Waals surface area contributed by atoms with Crippen molar-refractivity contribution in [3.8, 4) is 0 Å². The summed E-state index contributed by atoms with van der Waals surface area (Å²) in [5.74, 6) is 0.736. The Labute approximate surface area is 122 Å². The normalized spacial score (nSPS) is 21.6. The molecule has 2 nitrogen and oxygen atoms in total. The first-order valence-electron chi connectivity index (χ1n) is 7.88. The van der Waals surface area contributed by atoms with E-state index in [-0.39, 0.29) is 11.9 Å². The van der Waals surface area contributed by atoms with E-state index in [4.69, 9.17) is 0 Å². The molecule has 0 aromatic heterocycles. The lowest BCUT2D eigenvalue weighted by Crippen LogP contribution is -2.27. The highest BCUT2D eigenvalue weighted by Crippen LogP contribution is 2.31. The van der Waals surface area contributed by atoms with E-state index in [2.05, 4.69) is 23.2 Å². The van der Waals surface area contributed by atoms with E-state index in [1.807, 2.05) is 20.0 Å². The predicted octanol–water partition coefficient (Wildman–Crippen LogP) is 4.12. The Balaban J connectivity index is 2.25. The summed E-state index contributed by atoms with van der Waals surface area (Å²) in [6, 6.07) is 5.51. The summed E-state index contributed by atoms with van der Waals surface area (Å²) >= 11 is 0. The Bertz CT molecular complexity index is 433. The fourth-order valence-electron chi connectivity index (χ4n) is 3.19. The Morgan fingerprint density at radius 3 is 2.85 bits per heavy atom. The van der Waals surface area contributed by atoms with Crippen molar-refractivity contribution >= 4 is 5.69 Å². The molecule has 2 atom stereocenters. The molecule has 1 fully saturated rings. The zero-order chi connectivity index (χ0) is 14.5. The fraction of sp³-hybridized carbons (Fsp3) is 0.647. The lowest BCUT2D eigenvalue weighted by atomic mass is 9.98. The van der Waals surface area contributed by atoms with Gasteiger partial charge in [0.05, 0.1) is 0 Å². The van der Waals surface area contributed by atoms with Gasteiger partial charge in [-0.3, -0.25) is 0 Å². The summed E-state index contributed by atoms with van der Waals surface area (Å²) < 4.78 is 14.2. The highest BCUT2D eigenvalue weighted by molar-refractivity contribution is 5.55. The summed E-state index contributed by atoms with van der Waals surface area (Å²) in [4.78, 5) is 2.38. The van der Waals surface area contributed by atoms with Gasteiger partial charge in [-0.15, -0.1) is 0 Å². The molecule has 1 saturated heterocycles. The molecule has 2 unspecified atom stereocenters. The van der Waals surface area contributed by atoms with E-state index in [9.17, 15) is 4.39 Å². The van der Waals surface area contributed by atoms with E-state index in [0.29, 0.717) is 0 Å². The zero-order valence-electron chi connectivity index (χ0n) is 13.0. The number of rotatable bonds is 4. The zero-order valence-corrected chi connectivity index (χ0v) is 13.0. The molecule has 0 aliphatic carbocycles. The minimum absolute atomic E-state index is 0.0384. The standard InChI is InChI=1S/C17H27FN2/c1-4-14-7-6-11-20(12-10-14)16-9-5-8-15(18)17(16)13(2)19-3/h5,8-9,13-14,19H,4,6-7,10-12H2,1-3H3. The van der Waals surface area contributed by atoms with Crippen LogP contribution in [0.25, 0.3) is 0 Å². The van der Waals surface area contributed by atoms with Crippen molar-refractivity contribution < 1.29 is 4.39 Å². The van der Waals surface area contributed by atoms with Gasteiger partial charge in [0.2, 0.25) is 0 Å². The van der Waals surface area contributed by atoms with Gasteiger partial charge in [-0.2, -0.15) is 0 Å². The first-order valence-corrected chi connectivity index (χ1v) is 7.88. The summed E-state index contributed by atoms with van der Waals surface area (Å²) in [7, 11) is 1.89. The number of hydrogen-bond donors (Lipinski definition) is 1. The molecule has 0 bridgehead atoms. The molecule has 0 radical (unpaired) electrons. The Morgan fingerprint density at radius 1 is 1.35 bits per heavy atom. The maximum atomic E-state index is 14.2. The molecule has 1 aromatic rings. The molecule has 1 heterocycles. The van der Waals surface area contributed by atoms with Crippen molar-refractivity contribution in [2.75, 3.05) is 25.0 Å². The van der Waals surface area contributed by atoms with E-state index in [0.717, 1.165) is 30.3 Å². The molecule has 1 aliphatic rings. The molecule has 1 aliphatic heterocycles. The predicted molar refractivity (Wildman–Crippen MR) is 83.7 cm³/mol. The quantitative estimate of drug-likeness (QED) is 0.891. The van der Waals surface area contributed by atoms with Crippen LogP contribution in [0.15, 0.2) is 18.2 Å². The third kappa shape index (κ3) is 3.32. The molecule has 0 saturated carbocycles. The fourth-order valence-corrected chi connectivity index (χ4v) is 3.19. The Kier molecular flexibility index (Phi) is 5.41. The van der Waals surface area contributed by atoms with Crippen LogP contribution in [0, 0.1) is 11.7 Å². The summed E-state index contributed by atoms with van der Waals surface area (Å²) in [5, 5.41) is 3.17. The molecule has 20 heavy (non-hydrogen) atoms. The smallest absolute Gasteiger partial charge is 0.130 e. The van der Waals surface area contributed by atoms with Crippen LogP contribution < -0.4 is 10.2 Å². The number of halogens is 1. The van der Waals surface area contributed by atoms with E-state index >= 15 is 0 Å². The number of nitrogens with zero attached hydrogens (tertiary/aromatic N) is 1. The molecule has 2 rings (SSSR count). The molecule has 1 aromatic carbocycles. The van der Waals surface area contributed by atoms with Crippen LogP contribution in [0.5, 0.6) is 0 Å². The molecular formula is C17H27FN2. The third-order valence-electron chi connectivity index (χ3n) is 4.66. The second-order valence-electron chi connectivity index (χ2n) is 5.88. The van der Waals surface area contributed by atoms with Gasteiger partial charge >= 0.3 is 0 Å². The van der Waals surface area contributed by atoms with Gasteiger partial charge < -0.3 is 10.2 Å². The van der Waals surface area contributed by atoms with Crippen LogP contribution in [-0.4, -0.2) is 20.1 Å². The Morgan fingerprint density at radius 2 is 2.15 bits per heavy atom. The highest BCUT2D eigenvalue weighted by Gasteiger charge is 2.21. The van der Waals surface area contributed by atoms with Crippen LogP contribution in [0.1, 0.15) is 51.1 Å². The van der Waals surface area contributed by atoms with E-state index in [1.165, 1.54) is 25.7 Å². The maximum Gasteiger partial charge on any atom is 0.130 e. The van der Waals surface area contributed by atoms with Gasteiger partial charge in [-0.25, -0.2) is 4.39 Å². The first kappa shape index (κ1) is 15.3. The van der Waals surface area contributed by atoms with Gasteiger partial charge in [0.1, 0.15) is 5.82 Å². The minimum Gasteiger partial charge on any atom is -0.371 e. The number of anilines is 1. The SMILES string of the molecule is CCC1CCCN(c2cccc(F)c2C(C)NC)CC1. The number of benzene rings is 1. The van der Waals surface area contributed by atoms with Crippen molar-refractivity contribution in [2.24, 2.45) is 5.92 Å². The molecule has 112 valence electrons. The van der Waals surface area contributed by atoms with Crippen molar-refractivity contribution in [3.05, 3.63) is 29.6 Å². The van der Waals surface area contributed by atoms with Crippen LogP contribution in [0.3, 0.4) is 0 Å². The second-order valence-corrected chi connectivity index (χ2v) is 5.88. The summed E-state index contributed by atoms with van der Waals surface area (Å²) in [6.07, 6.45) is 5.00. The second kappa shape index (κ2) is 7.07. The number of hydrogen-bond acceptors (Lipinski definition) is 2. The molecule has 1 N–H and O–H groups in total. The first-order chi connectivity index (χ1) is 9.67. The average Bonchev–Trinajstić information content (AvgIpc) is 2.71. The minimum atomic E-state index is -0.0966. The van der Waals surface area contributed by atoms with Crippen LogP contribution in [0.2, 0.25) is 0 Å². The van der Waals surface area contributed by atoms with Gasteiger partial charge in [-0.1, -0.05) is 19.4 Å². The van der Waals surface area contributed by atoms with Crippen LogP contribution >= 0.6 is 0 Å². The van der Waals surface area contributed by atoms with Gasteiger partial charge in [0.15, 0.2) is 0 Å². The van der Waals surface area contributed by atoms with Crippen LogP contribution in [-0.2, 0) is 0 Å². The third-order valence-corrected chi connectivity index (χ3v) is 4.66. The summed E-state index contributed by atoms with van der Waals surface area (Å²) in [6.45, 7) is 6.39. The number of nitrogens with one attached hydrogen (secondary N) is 1. The molecule has 0 amide bonds. The van der Waals surface area contributed by atoms with Crippen molar-refractivity contribution in [1.29, 1.82) is 0 Å². The topological polar surface area (TPSA) is 15.3 Å². The molecule has 0 spiro atoms. The van der Waals surface area contributed by atoms with Crippen molar-refractivity contribution in [1.82, 2.24) is 5.32 Å². The van der Waals surface area contributed by atoms with Crippen molar-refractivity contribution in [3.63, 3.8) is 0 Å². The largest absolute Gasteiger partial charge is 0.371 e.